The molecule has 3 atom stereocenters. The molecule has 0 heterocycles. The Kier molecular flexibility index (Phi) is 10.4. The summed E-state index contributed by atoms with van der Waals surface area (Å²) in [5.74, 6) is -2.72. The second kappa shape index (κ2) is 10.8. The Labute approximate surface area is 137 Å². The van der Waals surface area contributed by atoms with Crippen molar-refractivity contribution in [2.45, 2.75) is 78.5 Å². The number of hydrogen-bond donors (Lipinski definition) is 0. The number of ketones is 2. The summed E-state index contributed by atoms with van der Waals surface area (Å²) >= 11 is 0. The number of carbonyl (C=O) groups excluding carboxylic acids is 2. The average Bonchev–Trinajstić information content (AvgIpc) is 2.45. The van der Waals surface area contributed by atoms with Crippen LogP contribution in [0.15, 0.2) is 0 Å². The minimum Gasteiger partial charge on any atom is -0.379 e. The summed E-state index contributed by atoms with van der Waals surface area (Å²) in [5.41, 5.74) is 0. The van der Waals surface area contributed by atoms with Crippen LogP contribution < -0.4 is 0 Å². The first-order chi connectivity index (χ1) is 10.6. The van der Waals surface area contributed by atoms with E-state index in [1.165, 1.54) is 6.92 Å². The third-order valence-electron chi connectivity index (χ3n) is 4.00. The molecule has 0 N–H and O–H groups in total. The molecule has 0 aliphatic heterocycles. The molecule has 0 aliphatic rings. The van der Waals surface area contributed by atoms with E-state index in [1.807, 2.05) is 20.8 Å². The number of halogens is 3. The fourth-order valence-electron chi connectivity index (χ4n) is 2.34. The van der Waals surface area contributed by atoms with Crippen molar-refractivity contribution in [3.63, 3.8) is 0 Å². The first-order valence-corrected chi connectivity index (χ1v) is 8.29. The van der Waals surface area contributed by atoms with Crippen molar-refractivity contribution in [1.29, 1.82) is 0 Å². The Morgan fingerprint density at radius 2 is 1.61 bits per heavy atom. The maximum absolute atomic E-state index is 12.3. The van der Waals surface area contributed by atoms with Crippen molar-refractivity contribution in [3.8, 4) is 0 Å². The summed E-state index contributed by atoms with van der Waals surface area (Å²) in [5, 5.41) is 0. The molecule has 0 rings (SSSR count). The van der Waals surface area contributed by atoms with Crippen LogP contribution in [0.25, 0.3) is 0 Å². The van der Waals surface area contributed by atoms with Gasteiger partial charge in [0.25, 0.3) is 0 Å². The van der Waals surface area contributed by atoms with Gasteiger partial charge in [0.05, 0.1) is 6.10 Å². The molecular formula is C17H29F3O3. The third kappa shape index (κ3) is 10.5. The minimum atomic E-state index is -4.86. The Hall–Kier alpha value is -0.910. The van der Waals surface area contributed by atoms with Crippen molar-refractivity contribution in [1.82, 2.24) is 0 Å². The lowest BCUT2D eigenvalue weighted by molar-refractivity contribution is -0.172. The van der Waals surface area contributed by atoms with Gasteiger partial charge < -0.3 is 4.74 Å². The lowest BCUT2D eigenvalue weighted by Gasteiger charge is -2.19. The van der Waals surface area contributed by atoms with Gasteiger partial charge in [-0.3, -0.25) is 9.59 Å². The summed E-state index contributed by atoms with van der Waals surface area (Å²) in [6, 6.07) is 0. The second-order valence-electron chi connectivity index (χ2n) is 6.37. The molecule has 0 aliphatic carbocycles. The van der Waals surface area contributed by atoms with Crippen LogP contribution >= 0.6 is 0 Å². The lowest BCUT2D eigenvalue weighted by Crippen LogP contribution is -2.27. The molecule has 0 bridgehead atoms. The average molecular weight is 338 g/mol. The molecule has 0 amide bonds. The maximum Gasteiger partial charge on any atom is 0.449 e. The van der Waals surface area contributed by atoms with Gasteiger partial charge in [-0.2, -0.15) is 13.2 Å². The van der Waals surface area contributed by atoms with Gasteiger partial charge in [-0.05, 0) is 45.4 Å². The van der Waals surface area contributed by atoms with Gasteiger partial charge in [-0.1, -0.05) is 20.3 Å². The number of rotatable bonds is 12. The smallest absolute Gasteiger partial charge is 0.379 e. The highest BCUT2D eigenvalue weighted by Crippen LogP contribution is 2.25. The first kappa shape index (κ1) is 22.1. The summed E-state index contributed by atoms with van der Waals surface area (Å²) in [7, 11) is 0. The maximum atomic E-state index is 12.3. The van der Waals surface area contributed by atoms with Crippen molar-refractivity contribution in [2.75, 3.05) is 6.61 Å². The van der Waals surface area contributed by atoms with Crippen molar-refractivity contribution >= 4 is 11.6 Å². The van der Waals surface area contributed by atoms with Crippen LogP contribution in [0.1, 0.15) is 66.2 Å². The summed E-state index contributed by atoms with van der Waals surface area (Å²) in [4.78, 5) is 22.5. The molecule has 6 heteroatoms. The van der Waals surface area contributed by atoms with E-state index in [0.717, 1.165) is 25.9 Å². The van der Waals surface area contributed by atoms with Crippen molar-refractivity contribution in [3.05, 3.63) is 0 Å². The fraction of sp³-hybridized carbons (Fsp3) is 0.882. The number of alkyl halides is 3. The molecule has 23 heavy (non-hydrogen) atoms. The molecule has 0 aromatic rings. The molecule has 0 radical (unpaired) electrons. The van der Waals surface area contributed by atoms with Crippen LogP contribution in [0.5, 0.6) is 0 Å². The standard InChI is InChI=1S/C17H29F3O3/c1-5-10-23-13(3)8-6-12(2)7-9-15(14(4)21)11-16(22)17(18,19)20/h12-13,15H,5-11H2,1-4H3/t12?,13-,15?/m0/s1. The van der Waals surface area contributed by atoms with Gasteiger partial charge in [-0.15, -0.1) is 0 Å². The summed E-state index contributed by atoms with van der Waals surface area (Å²) in [6.45, 7) is 8.03. The number of Topliss-reactive ketones (excluding diaryl/α,β-unsaturated/α-hetero) is 2. The van der Waals surface area contributed by atoms with Crippen LogP contribution in [-0.2, 0) is 14.3 Å². The highest BCUT2D eigenvalue weighted by Gasteiger charge is 2.39. The van der Waals surface area contributed by atoms with E-state index in [2.05, 4.69) is 0 Å². The predicted octanol–water partition coefficient (Wildman–Crippen LogP) is 4.72. The van der Waals surface area contributed by atoms with Crippen LogP contribution in [0.3, 0.4) is 0 Å². The lowest BCUT2D eigenvalue weighted by atomic mass is 9.88. The van der Waals surface area contributed by atoms with Gasteiger partial charge in [0.15, 0.2) is 0 Å². The predicted molar refractivity (Wildman–Crippen MR) is 83.2 cm³/mol. The van der Waals surface area contributed by atoms with E-state index in [0.29, 0.717) is 12.8 Å². The molecule has 3 nitrogen and oxygen atoms in total. The zero-order valence-corrected chi connectivity index (χ0v) is 14.5. The van der Waals surface area contributed by atoms with E-state index in [9.17, 15) is 22.8 Å². The van der Waals surface area contributed by atoms with E-state index in [4.69, 9.17) is 4.74 Å². The summed E-state index contributed by atoms with van der Waals surface area (Å²) < 4.78 is 42.5. The third-order valence-corrected chi connectivity index (χ3v) is 4.00. The second-order valence-corrected chi connectivity index (χ2v) is 6.37. The number of carbonyl (C=O) groups is 2. The first-order valence-electron chi connectivity index (χ1n) is 8.29. The van der Waals surface area contributed by atoms with E-state index >= 15 is 0 Å². The number of ether oxygens (including phenoxy) is 1. The number of hydrogen-bond acceptors (Lipinski definition) is 3. The molecule has 0 aromatic heterocycles. The zero-order chi connectivity index (χ0) is 18.0. The van der Waals surface area contributed by atoms with Gasteiger partial charge >= 0.3 is 6.18 Å². The van der Waals surface area contributed by atoms with Gasteiger partial charge in [0.2, 0.25) is 5.78 Å². The molecule has 2 unspecified atom stereocenters. The van der Waals surface area contributed by atoms with Gasteiger partial charge in [-0.25, -0.2) is 0 Å². The molecular weight excluding hydrogens is 309 g/mol. The molecule has 0 spiro atoms. The van der Waals surface area contributed by atoms with Crippen LogP contribution in [0.4, 0.5) is 13.2 Å². The quantitative estimate of drug-likeness (QED) is 0.517. The molecule has 136 valence electrons. The molecule has 0 fully saturated rings. The highest BCUT2D eigenvalue weighted by molar-refractivity contribution is 5.89. The van der Waals surface area contributed by atoms with Crippen LogP contribution in [0, 0.1) is 11.8 Å². The summed E-state index contributed by atoms with van der Waals surface area (Å²) in [6.07, 6.45) is -1.73. The Bertz CT molecular complexity index is 367. The largest absolute Gasteiger partial charge is 0.449 e. The van der Waals surface area contributed by atoms with Gasteiger partial charge in [0.1, 0.15) is 5.78 Å². The SMILES string of the molecule is CCCO[C@@H](C)CCC(C)CCC(CC(=O)C(F)(F)F)C(C)=O. The Morgan fingerprint density at radius 1 is 1.04 bits per heavy atom. The van der Waals surface area contributed by atoms with E-state index in [-0.39, 0.29) is 17.8 Å². The monoisotopic (exact) mass is 338 g/mol. The minimum absolute atomic E-state index is 0.160. The van der Waals surface area contributed by atoms with E-state index in [1.54, 1.807) is 0 Å². The Balaban J connectivity index is 4.21. The molecule has 0 saturated carbocycles. The Morgan fingerprint density at radius 3 is 2.09 bits per heavy atom. The highest BCUT2D eigenvalue weighted by atomic mass is 19.4. The fourth-order valence-corrected chi connectivity index (χ4v) is 2.34. The van der Waals surface area contributed by atoms with Crippen LogP contribution in [0.2, 0.25) is 0 Å². The van der Waals surface area contributed by atoms with Crippen LogP contribution in [-0.4, -0.2) is 30.5 Å². The topological polar surface area (TPSA) is 43.4 Å². The van der Waals surface area contributed by atoms with E-state index < -0.39 is 24.3 Å². The molecule has 0 aromatic carbocycles. The van der Waals surface area contributed by atoms with Crippen molar-refractivity contribution in [2.24, 2.45) is 11.8 Å². The molecule has 0 saturated heterocycles. The zero-order valence-electron chi connectivity index (χ0n) is 14.5. The van der Waals surface area contributed by atoms with Crippen molar-refractivity contribution < 1.29 is 27.5 Å². The van der Waals surface area contributed by atoms with Gasteiger partial charge in [0, 0.05) is 18.9 Å². The normalized spacial score (nSPS) is 16.0.